The van der Waals surface area contributed by atoms with Crippen LogP contribution in [0.1, 0.15) is 20.8 Å². The number of ether oxygens (including phenoxy) is 2. The first kappa shape index (κ1) is 16.9. The lowest BCUT2D eigenvalue weighted by atomic mass is 10.3. The molecule has 0 aliphatic rings. The topological polar surface area (TPSA) is 55.8 Å². The molecule has 116 valence electrons. The molecule has 0 saturated carbocycles. The van der Waals surface area contributed by atoms with E-state index in [0.29, 0.717) is 6.54 Å². The fourth-order valence-electron chi connectivity index (χ4n) is 1.76. The van der Waals surface area contributed by atoms with Crippen LogP contribution in [0.3, 0.4) is 0 Å². The molecular weight excluding hydrogens is 277 g/mol. The first-order valence-electron chi connectivity index (χ1n) is 6.84. The molecule has 0 spiro atoms. The molecule has 0 heterocycles. The van der Waals surface area contributed by atoms with Gasteiger partial charge in [-0.2, -0.15) is 0 Å². The lowest BCUT2D eigenvalue weighted by Gasteiger charge is -2.24. The average molecular weight is 297 g/mol. The number of nitrogens with zero attached hydrogens (tertiary/aromatic N) is 1. The quantitative estimate of drug-likeness (QED) is 0.722. The summed E-state index contributed by atoms with van der Waals surface area (Å²) in [6, 6.07) is 5.55. The van der Waals surface area contributed by atoms with Crippen molar-refractivity contribution in [1.82, 2.24) is 4.90 Å². The summed E-state index contributed by atoms with van der Waals surface area (Å²) in [5.74, 6) is -0.991. The van der Waals surface area contributed by atoms with Crippen molar-refractivity contribution in [3.8, 4) is 5.75 Å². The summed E-state index contributed by atoms with van der Waals surface area (Å²) in [4.78, 5) is 25.0. The van der Waals surface area contributed by atoms with Crippen LogP contribution in [0.25, 0.3) is 0 Å². The van der Waals surface area contributed by atoms with Crippen molar-refractivity contribution in [3.05, 3.63) is 30.1 Å². The van der Waals surface area contributed by atoms with Gasteiger partial charge in [-0.05, 0) is 32.9 Å². The minimum Gasteiger partial charge on any atom is -0.481 e. The van der Waals surface area contributed by atoms with E-state index in [1.54, 1.807) is 26.8 Å². The molecule has 5 nitrogen and oxygen atoms in total. The van der Waals surface area contributed by atoms with E-state index in [1.165, 1.54) is 23.1 Å². The number of rotatable bonds is 7. The van der Waals surface area contributed by atoms with Gasteiger partial charge in [0.1, 0.15) is 18.1 Å². The van der Waals surface area contributed by atoms with Crippen molar-refractivity contribution in [3.63, 3.8) is 0 Å². The molecule has 1 aromatic rings. The van der Waals surface area contributed by atoms with Gasteiger partial charge in [0, 0.05) is 12.6 Å². The van der Waals surface area contributed by atoms with Crippen molar-refractivity contribution in [1.29, 1.82) is 0 Å². The van der Waals surface area contributed by atoms with E-state index in [9.17, 15) is 14.0 Å². The molecule has 1 unspecified atom stereocenters. The van der Waals surface area contributed by atoms with Crippen LogP contribution in [-0.4, -0.2) is 42.6 Å². The zero-order valence-electron chi connectivity index (χ0n) is 12.5. The number of esters is 1. The molecule has 0 fully saturated rings. The maximum Gasteiger partial charge on any atom is 0.325 e. The molecule has 0 aliphatic carbocycles. The molecule has 1 amide bonds. The molecule has 1 rings (SSSR count). The number of hydrogen-bond acceptors (Lipinski definition) is 4. The Morgan fingerprint density at radius 2 is 2.05 bits per heavy atom. The van der Waals surface area contributed by atoms with Gasteiger partial charge in [0.05, 0.1) is 6.61 Å². The van der Waals surface area contributed by atoms with Gasteiger partial charge in [0.25, 0.3) is 5.91 Å². The predicted octanol–water partition coefficient (Wildman–Crippen LogP) is 2.00. The number of likely N-dealkylation sites (N-methyl/N-ethyl adjacent to an activating group) is 1. The Kier molecular flexibility index (Phi) is 6.65. The molecule has 0 N–H and O–H groups in total. The van der Waals surface area contributed by atoms with Gasteiger partial charge < -0.3 is 14.4 Å². The lowest BCUT2D eigenvalue weighted by molar-refractivity contribution is -0.150. The Morgan fingerprint density at radius 1 is 1.33 bits per heavy atom. The van der Waals surface area contributed by atoms with E-state index in [0.717, 1.165) is 0 Å². The Morgan fingerprint density at radius 3 is 2.62 bits per heavy atom. The minimum absolute atomic E-state index is 0.125. The van der Waals surface area contributed by atoms with E-state index in [-0.39, 0.29) is 24.8 Å². The first-order chi connectivity index (χ1) is 9.97. The Labute approximate surface area is 123 Å². The largest absolute Gasteiger partial charge is 0.481 e. The van der Waals surface area contributed by atoms with Crippen LogP contribution in [0.5, 0.6) is 5.75 Å². The number of benzene rings is 1. The molecule has 0 aromatic heterocycles. The van der Waals surface area contributed by atoms with Gasteiger partial charge in [0.15, 0.2) is 6.10 Å². The zero-order valence-corrected chi connectivity index (χ0v) is 12.5. The Balaban J connectivity index is 2.64. The fraction of sp³-hybridized carbons (Fsp3) is 0.467. The fourth-order valence-corrected chi connectivity index (χ4v) is 1.76. The highest BCUT2D eigenvalue weighted by Gasteiger charge is 2.23. The summed E-state index contributed by atoms with van der Waals surface area (Å²) in [6.45, 7) is 5.51. The maximum absolute atomic E-state index is 13.1. The third-order valence-corrected chi connectivity index (χ3v) is 2.78. The van der Waals surface area contributed by atoms with Crippen LogP contribution < -0.4 is 4.74 Å². The second-order valence-corrected chi connectivity index (χ2v) is 4.37. The van der Waals surface area contributed by atoms with Gasteiger partial charge in [-0.25, -0.2) is 4.39 Å². The molecule has 6 heteroatoms. The highest BCUT2D eigenvalue weighted by Crippen LogP contribution is 2.14. The third-order valence-electron chi connectivity index (χ3n) is 2.78. The second kappa shape index (κ2) is 8.24. The summed E-state index contributed by atoms with van der Waals surface area (Å²) in [5.41, 5.74) is 0. The summed E-state index contributed by atoms with van der Waals surface area (Å²) in [6.07, 6.45) is -0.818. The van der Waals surface area contributed by atoms with Crippen LogP contribution >= 0.6 is 0 Å². The first-order valence-corrected chi connectivity index (χ1v) is 6.84. The third kappa shape index (κ3) is 5.41. The van der Waals surface area contributed by atoms with Gasteiger partial charge in [-0.15, -0.1) is 0 Å². The molecular formula is C15H20FNO4. The average Bonchev–Trinajstić information content (AvgIpc) is 2.44. The normalized spacial score (nSPS) is 11.6. The van der Waals surface area contributed by atoms with Gasteiger partial charge >= 0.3 is 5.97 Å². The van der Waals surface area contributed by atoms with Crippen LogP contribution in [0.4, 0.5) is 4.39 Å². The number of halogens is 1. The van der Waals surface area contributed by atoms with Crippen LogP contribution in [0, 0.1) is 5.82 Å². The van der Waals surface area contributed by atoms with Crippen molar-refractivity contribution >= 4 is 11.9 Å². The van der Waals surface area contributed by atoms with Crippen molar-refractivity contribution < 1.29 is 23.5 Å². The predicted molar refractivity (Wildman–Crippen MR) is 75.4 cm³/mol. The van der Waals surface area contributed by atoms with E-state index >= 15 is 0 Å². The zero-order chi connectivity index (χ0) is 15.8. The summed E-state index contributed by atoms with van der Waals surface area (Å²) in [5, 5.41) is 0. The van der Waals surface area contributed by atoms with Crippen molar-refractivity contribution in [2.75, 3.05) is 19.7 Å². The molecule has 1 atom stereocenters. The van der Waals surface area contributed by atoms with Crippen LogP contribution in [0.15, 0.2) is 24.3 Å². The highest BCUT2D eigenvalue weighted by atomic mass is 19.1. The number of amides is 1. The maximum atomic E-state index is 13.1. The van der Waals surface area contributed by atoms with Gasteiger partial charge in [-0.1, -0.05) is 6.07 Å². The molecule has 0 radical (unpaired) electrons. The van der Waals surface area contributed by atoms with E-state index in [2.05, 4.69) is 0 Å². The summed E-state index contributed by atoms with van der Waals surface area (Å²) >= 11 is 0. The SMILES string of the molecule is CCOC(=O)CN(CC)C(=O)C(C)Oc1cccc(F)c1. The monoisotopic (exact) mass is 297 g/mol. The number of hydrogen-bond donors (Lipinski definition) is 0. The van der Waals surface area contributed by atoms with Crippen molar-refractivity contribution in [2.24, 2.45) is 0 Å². The standard InChI is InChI=1S/C15H20FNO4/c1-4-17(10-14(18)20-5-2)15(19)11(3)21-13-8-6-7-12(16)9-13/h6-9,11H,4-5,10H2,1-3H3. The van der Waals surface area contributed by atoms with Crippen LogP contribution in [-0.2, 0) is 14.3 Å². The van der Waals surface area contributed by atoms with E-state index in [4.69, 9.17) is 9.47 Å². The highest BCUT2D eigenvalue weighted by molar-refractivity contribution is 5.85. The molecule has 0 bridgehead atoms. The smallest absolute Gasteiger partial charge is 0.325 e. The molecule has 1 aromatic carbocycles. The lowest BCUT2D eigenvalue weighted by Crippen LogP contribution is -2.43. The molecule has 0 aliphatic heterocycles. The van der Waals surface area contributed by atoms with E-state index < -0.39 is 17.9 Å². The molecule has 0 saturated heterocycles. The summed E-state index contributed by atoms with van der Waals surface area (Å²) < 4.78 is 23.3. The Hall–Kier alpha value is -2.11. The van der Waals surface area contributed by atoms with E-state index in [1.807, 2.05) is 0 Å². The second-order valence-electron chi connectivity index (χ2n) is 4.37. The van der Waals surface area contributed by atoms with Gasteiger partial charge in [0.2, 0.25) is 0 Å². The Bertz CT molecular complexity index is 492. The number of carbonyl (C=O) groups excluding carboxylic acids is 2. The molecule has 21 heavy (non-hydrogen) atoms. The van der Waals surface area contributed by atoms with Gasteiger partial charge in [-0.3, -0.25) is 9.59 Å². The van der Waals surface area contributed by atoms with Crippen LogP contribution in [0.2, 0.25) is 0 Å². The summed E-state index contributed by atoms with van der Waals surface area (Å²) in [7, 11) is 0. The minimum atomic E-state index is -0.818. The number of carbonyl (C=O) groups is 2. The van der Waals surface area contributed by atoms with Crippen molar-refractivity contribution in [2.45, 2.75) is 26.9 Å².